The van der Waals surface area contributed by atoms with E-state index in [1.54, 1.807) is 18.3 Å². The fourth-order valence-corrected chi connectivity index (χ4v) is 2.20. The van der Waals surface area contributed by atoms with E-state index < -0.39 is 0 Å². The fourth-order valence-electron chi connectivity index (χ4n) is 1.39. The maximum absolute atomic E-state index is 13.1. The van der Waals surface area contributed by atoms with Gasteiger partial charge in [-0.05, 0) is 62.5 Å². The van der Waals surface area contributed by atoms with E-state index in [0.29, 0.717) is 16.0 Å². The molecule has 0 spiro atoms. The van der Waals surface area contributed by atoms with Crippen molar-refractivity contribution >= 4 is 49.1 Å². The predicted octanol–water partition coefficient (Wildman–Crippen LogP) is 4.38. The molecule has 6 heteroatoms. The highest BCUT2D eigenvalue weighted by molar-refractivity contribution is 9.11. The van der Waals surface area contributed by atoms with Crippen LogP contribution in [0.4, 0.5) is 21.6 Å². The van der Waals surface area contributed by atoms with Crippen LogP contribution >= 0.6 is 31.9 Å². The van der Waals surface area contributed by atoms with Crippen molar-refractivity contribution < 1.29 is 4.39 Å². The van der Waals surface area contributed by atoms with Crippen molar-refractivity contribution in [3.05, 3.63) is 44.7 Å². The summed E-state index contributed by atoms with van der Waals surface area (Å²) in [5, 5.41) is 3.10. The molecule has 1 aromatic heterocycles. The normalized spacial score (nSPS) is 10.4. The second-order valence-corrected chi connectivity index (χ2v) is 5.40. The number of nitrogens with two attached hydrogens (primary N) is 1. The minimum absolute atomic E-state index is 0.305. The maximum atomic E-state index is 13.1. The molecule has 1 heterocycles. The molecule has 3 nitrogen and oxygen atoms in total. The number of nitrogens with one attached hydrogen (secondary N) is 1. The van der Waals surface area contributed by atoms with Crippen molar-refractivity contribution in [1.82, 2.24) is 4.98 Å². The van der Waals surface area contributed by atoms with Gasteiger partial charge in [-0.25, -0.2) is 9.37 Å². The number of aromatic nitrogens is 1. The molecule has 0 atom stereocenters. The summed E-state index contributed by atoms with van der Waals surface area (Å²) < 4.78 is 14.3. The molecule has 18 heavy (non-hydrogen) atoms. The van der Waals surface area contributed by atoms with Crippen molar-refractivity contribution in [3.8, 4) is 0 Å². The topological polar surface area (TPSA) is 50.9 Å². The van der Waals surface area contributed by atoms with E-state index in [9.17, 15) is 4.39 Å². The summed E-state index contributed by atoms with van der Waals surface area (Å²) in [7, 11) is 0. The summed E-state index contributed by atoms with van der Waals surface area (Å²) in [5.74, 6) is 0.335. The quantitative estimate of drug-likeness (QED) is 0.820. The number of nitrogens with zero attached hydrogens (tertiary/aromatic N) is 1. The van der Waals surface area contributed by atoms with Crippen LogP contribution in [0, 0.1) is 12.7 Å². The zero-order chi connectivity index (χ0) is 13.3. The van der Waals surface area contributed by atoms with Gasteiger partial charge in [0.1, 0.15) is 11.6 Å². The number of anilines is 3. The van der Waals surface area contributed by atoms with Crippen molar-refractivity contribution in [2.45, 2.75) is 6.92 Å². The molecule has 0 saturated heterocycles. The van der Waals surface area contributed by atoms with Crippen LogP contribution < -0.4 is 11.1 Å². The third-order valence-corrected chi connectivity index (χ3v) is 4.06. The molecule has 0 amide bonds. The molecule has 0 radical (unpaired) electrons. The van der Waals surface area contributed by atoms with E-state index in [-0.39, 0.29) is 5.82 Å². The predicted molar refractivity (Wildman–Crippen MR) is 78.5 cm³/mol. The summed E-state index contributed by atoms with van der Waals surface area (Å²) in [6.45, 7) is 1.90. The lowest BCUT2D eigenvalue weighted by Crippen LogP contribution is -1.99. The summed E-state index contributed by atoms with van der Waals surface area (Å²) >= 11 is 6.57. The van der Waals surface area contributed by atoms with Gasteiger partial charge in [-0.15, -0.1) is 0 Å². The summed E-state index contributed by atoms with van der Waals surface area (Å²) in [5.41, 5.74) is 8.02. The van der Waals surface area contributed by atoms with Gasteiger partial charge in [-0.3, -0.25) is 0 Å². The largest absolute Gasteiger partial charge is 0.397 e. The Morgan fingerprint density at radius 2 is 2.06 bits per heavy atom. The van der Waals surface area contributed by atoms with Gasteiger partial charge < -0.3 is 11.1 Å². The Kier molecular flexibility index (Phi) is 3.87. The molecule has 0 saturated carbocycles. The highest BCUT2D eigenvalue weighted by Gasteiger charge is 2.08. The van der Waals surface area contributed by atoms with Gasteiger partial charge >= 0.3 is 0 Å². The van der Waals surface area contributed by atoms with Crippen LogP contribution in [0.15, 0.2) is 33.3 Å². The van der Waals surface area contributed by atoms with Gasteiger partial charge in [0.15, 0.2) is 0 Å². The number of hydrogen-bond acceptors (Lipinski definition) is 3. The van der Waals surface area contributed by atoms with E-state index in [1.165, 1.54) is 6.07 Å². The van der Waals surface area contributed by atoms with Crippen LogP contribution in [0.1, 0.15) is 5.56 Å². The molecule has 0 aliphatic carbocycles. The first kappa shape index (κ1) is 13.3. The van der Waals surface area contributed by atoms with Crippen molar-refractivity contribution in [1.29, 1.82) is 0 Å². The zero-order valence-corrected chi connectivity index (χ0v) is 12.6. The Labute approximate surface area is 121 Å². The molecule has 0 aliphatic rings. The number of benzene rings is 1. The average Bonchev–Trinajstić information content (AvgIpc) is 2.34. The highest BCUT2D eigenvalue weighted by atomic mass is 79.9. The third kappa shape index (κ3) is 2.64. The Morgan fingerprint density at radius 3 is 2.72 bits per heavy atom. The van der Waals surface area contributed by atoms with Gasteiger partial charge in [0.25, 0.3) is 0 Å². The lowest BCUT2D eigenvalue weighted by Gasteiger charge is -2.11. The van der Waals surface area contributed by atoms with Gasteiger partial charge in [-0.1, -0.05) is 0 Å². The fraction of sp³-hybridized carbons (Fsp3) is 0.0833. The summed E-state index contributed by atoms with van der Waals surface area (Å²) in [4.78, 5) is 4.19. The monoisotopic (exact) mass is 373 g/mol. The average molecular weight is 375 g/mol. The molecule has 0 bridgehead atoms. The van der Waals surface area contributed by atoms with Gasteiger partial charge in [0.2, 0.25) is 0 Å². The second kappa shape index (κ2) is 5.24. The Hall–Kier alpha value is -1.14. The summed E-state index contributed by atoms with van der Waals surface area (Å²) in [6.07, 6.45) is 1.58. The molecule has 3 N–H and O–H groups in total. The second-order valence-electron chi connectivity index (χ2n) is 3.76. The number of hydrogen-bond donors (Lipinski definition) is 2. The maximum Gasteiger partial charge on any atom is 0.145 e. The van der Waals surface area contributed by atoms with E-state index in [4.69, 9.17) is 5.73 Å². The molecule has 94 valence electrons. The van der Waals surface area contributed by atoms with Crippen LogP contribution in [-0.2, 0) is 0 Å². The van der Waals surface area contributed by atoms with E-state index in [0.717, 1.165) is 15.7 Å². The zero-order valence-electron chi connectivity index (χ0n) is 9.47. The minimum atomic E-state index is -0.305. The number of rotatable bonds is 2. The molecule has 0 aliphatic heterocycles. The molecule has 2 aromatic rings. The van der Waals surface area contributed by atoms with Crippen LogP contribution in [0.5, 0.6) is 0 Å². The third-order valence-electron chi connectivity index (χ3n) is 2.49. The first-order valence-corrected chi connectivity index (χ1v) is 6.70. The standard InChI is InChI=1S/C12H10Br2FN3/c1-6-10(16)5-17-12(11(6)14)18-7-2-3-9(15)8(13)4-7/h2-5H,16H2,1H3,(H,17,18). The van der Waals surface area contributed by atoms with Crippen LogP contribution in [0.25, 0.3) is 0 Å². The SMILES string of the molecule is Cc1c(N)cnc(Nc2ccc(F)c(Br)c2)c1Br. The van der Waals surface area contributed by atoms with Crippen molar-refractivity contribution in [2.75, 3.05) is 11.1 Å². The van der Waals surface area contributed by atoms with E-state index in [2.05, 4.69) is 42.2 Å². The van der Waals surface area contributed by atoms with Gasteiger partial charge in [-0.2, -0.15) is 0 Å². The highest BCUT2D eigenvalue weighted by Crippen LogP contribution is 2.30. The first-order valence-electron chi connectivity index (χ1n) is 5.11. The lowest BCUT2D eigenvalue weighted by molar-refractivity contribution is 0.621. The Morgan fingerprint density at radius 1 is 1.33 bits per heavy atom. The van der Waals surface area contributed by atoms with Crippen molar-refractivity contribution in [3.63, 3.8) is 0 Å². The van der Waals surface area contributed by atoms with Crippen LogP contribution in [0.2, 0.25) is 0 Å². The number of halogens is 3. The van der Waals surface area contributed by atoms with Crippen LogP contribution in [-0.4, -0.2) is 4.98 Å². The van der Waals surface area contributed by atoms with Gasteiger partial charge in [0.05, 0.1) is 20.8 Å². The summed E-state index contributed by atoms with van der Waals surface area (Å²) in [6, 6.07) is 4.67. The molecule has 0 fully saturated rings. The Bertz CT molecular complexity index is 602. The molecule has 1 aromatic carbocycles. The Balaban J connectivity index is 2.34. The van der Waals surface area contributed by atoms with Crippen molar-refractivity contribution in [2.24, 2.45) is 0 Å². The number of nitrogen functional groups attached to an aromatic ring is 1. The van der Waals surface area contributed by atoms with E-state index in [1.807, 2.05) is 6.92 Å². The molecule has 0 unspecified atom stereocenters. The molecular weight excluding hydrogens is 365 g/mol. The van der Waals surface area contributed by atoms with Crippen LogP contribution in [0.3, 0.4) is 0 Å². The van der Waals surface area contributed by atoms with Gasteiger partial charge in [0, 0.05) is 5.69 Å². The molecule has 2 rings (SSSR count). The smallest absolute Gasteiger partial charge is 0.145 e. The lowest BCUT2D eigenvalue weighted by atomic mass is 10.2. The molecular formula is C12H10Br2FN3. The number of pyridine rings is 1. The minimum Gasteiger partial charge on any atom is -0.397 e. The van der Waals surface area contributed by atoms with E-state index >= 15 is 0 Å². The first-order chi connectivity index (χ1) is 8.49.